The van der Waals surface area contributed by atoms with Gasteiger partial charge in [-0.05, 0) is 19.0 Å². The van der Waals surface area contributed by atoms with Crippen LogP contribution in [0.5, 0.6) is 5.75 Å². The summed E-state index contributed by atoms with van der Waals surface area (Å²) in [6.07, 6.45) is 3.14. The van der Waals surface area contributed by atoms with Gasteiger partial charge in [-0.2, -0.15) is 0 Å². The minimum Gasteiger partial charge on any atom is -0.495 e. The lowest BCUT2D eigenvalue weighted by atomic mass is 10.2. The van der Waals surface area contributed by atoms with Crippen molar-refractivity contribution in [2.75, 3.05) is 50.1 Å². The number of nitrogens with zero attached hydrogens (tertiary/aromatic N) is 4. The molecule has 2 heterocycles. The van der Waals surface area contributed by atoms with Gasteiger partial charge in [0.2, 0.25) is 5.91 Å². The van der Waals surface area contributed by atoms with Crippen LogP contribution >= 0.6 is 11.3 Å². The Morgan fingerprint density at radius 2 is 2.21 bits per heavy atom. The molecule has 0 bridgehead atoms. The molecule has 1 aromatic heterocycles. The van der Waals surface area contributed by atoms with Gasteiger partial charge in [0.25, 0.3) is 5.69 Å². The second kappa shape index (κ2) is 9.47. The van der Waals surface area contributed by atoms with Gasteiger partial charge in [0.1, 0.15) is 5.75 Å². The van der Waals surface area contributed by atoms with E-state index in [9.17, 15) is 14.9 Å². The number of hydrogen-bond acceptors (Lipinski definition) is 8. The van der Waals surface area contributed by atoms with Crippen LogP contribution in [0.4, 0.5) is 16.5 Å². The average Bonchev–Trinajstić information content (AvgIpc) is 3.12. The zero-order valence-corrected chi connectivity index (χ0v) is 16.5. The van der Waals surface area contributed by atoms with Gasteiger partial charge in [-0.1, -0.05) is 0 Å². The number of carbonyl (C=O) groups excluding carboxylic acids is 1. The van der Waals surface area contributed by atoms with Gasteiger partial charge in [-0.25, -0.2) is 4.98 Å². The number of rotatable bonds is 7. The Bertz CT molecular complexity index is 814. The Kier molecular flexibility index (Phi) is 6.77. The third-order valence-corrected chi connectivity index (χ3v) is 5.43. The lowest BCUT2D eigenvalue weighted by Crippen LogP contribution is -2.32. The van der Waals surface area contributed by atoms with Gasteiger partial charge in [-0.15, -0.1) is 11.3 Å². The summed E-state index contributed by atoms with van der Waals surface area (Å²) in [5.41, 5.74) is 0.221. The number of nitro benzene ring substituents is 1. The molecule has 0 unspecified atom stereocenters. The third kappa shape index (κ3) is 5.17. The second-order valence-corrected chi connectivity index (χ2v) is 7.31. The van der Waals surface area contributed by atoms with E-state index in [-0.39, 0.29) is 11.6 Å². The average molecular weight is 405 g/mol. The van der Waals surface area contributed by atoms with E-state index in [2.05, 4.69) is 20.1 Å². The molecule has 150 valence electrons. The van der Waals surface area contributed by atoms with E-state index in [1.54, 1.807) is 11.3 Å². The first-order chi connectivity index (χ1) is 13.6. The fraction of sp³-hybridized carbons (Fsp3) is 0.444. The first-order valence-electron chi connectivity index (χ1n) is 9.06. The zero-order chi connectivity index (χ0) is 19.9. The number of aromatic nitrogens is 1. The van der Waals surface area contributed by atoms with E-state index < -0.39 is 4.92 Å². The van der Waals surface area contributed by atoms with Crippen LogP contribution in [0, 0.1) is 10.1 Å². The molecule has 3 rings (SSSR count). The van der Waals surface area contributed by atoms with Gasteiger partial charge in [0.15, 0.2) is 5.13 Å². The van der Waals surface area contributed by atoms with E-state index in [1.807, 2.05) is 11.6 Å². The number of nitro groups is 1. The van der Waals surface area contributed by atoms with Crippen molar-refractivity contribution in [2.45, 2.75) is 12.8 Å². The number of carbonyl (C=O) groups is 1. The Morgan fingerprint density at radius 3 is 2.93 bits per heavy atom. The van der Waals surface area contributed by atoms with Crippen LogP contribution in [-0.4, -0.2) is 60.5 Å². The summed E-state index contributed by atoms with van der Waals surface area (Å²) in [6, 6.07) is 4.14. The monoisotopic (exact) mass is 405 g/mol. The summed E-state index contributed by atoms with van der Waals surface area (Å²) in [4.78, 5) is 31.7. The normalized spacial score (nSPS) is 15.1. The number of benzene rings is 1. The van der Waals surface area contributed by atoms with Crippen molar-refractivity contribution < 1.29 is 14.5 Å². The van der Waals surface area contributed by atoms with Crippen molar-refractivity contribution in [3.05, 3.63) is 39.9 Å². The summed E-state index contributed by atoms with van der Waals surface area (Å²) in [5, 5.41) is 16.7. The van der Waals surface area contributed by atoms with Crippen LogP contribution in [0.15, 0.2) is 29.8 Å². The Hall–Kier alpha value is -2.72. The molecule has 9 nitrogen and oxygen atoms in total. The largest absolute Gasteiger partial charge is 0.495 e. The van der Waals surface area contributed by atoms with E-state index in [1.165, 1.54) is 25.3 Å². The molecule has 1 aromatic carbocycles. The van der Waals surface area contributed by atoms with Gasteiger partial charge < -0.3 is 19.9 Å². The molecule has 0 spiro atoms. The Labute approximate surface area is 167 Å². The van der Waals surface area contributed by atoms with Crippen molar-refractivity contribution in [3.63, 3.8) is 0 Å². The van der Waals surface area contributed by atoms with Crippen LogP contribution in [0.25, 0.3) is 0 Å². The molecular weight excluding hydrogens is 382 g/mol. The number of ether oxygens (including phenoxy) is 1. The standard InChI is InChI=1S/C18H23N5O4S/c1-27-16-4-3-14(23(25)26)13-15(16)20-17(24)5-9-21-7-2-8-22(11-10-21)18-19-6-12-28-18/h3-4,6,12-13H,2,5,7-11H2,1H3,(H,20,24). The molecule has 1 aliphatic heterocycles. The highest BCUT2D eigenvalue weighted by atomic mass is 32.1. The lowest BCUT2D eigenvalue weighted by molar-refractivity contribution is -0.384. The van der Waals surface area contributed by atoms with Crippen LogP contribution in [-0.2, 0) is 4.79 Å². The maximum absolute atomic E-state index is 12.4. The summed E-state index contributed by atoms with van der Waals surface area (Å²) in [6.45, 7) is 4.27. The maximum atomic E-state index is 12.4. The molecule has 2 aromatic rings. The summed E-state index contributed by atoms with van der Waals surface area (Å²) in [7, 11) is 1.46. The summed E-state index contributed by atoms with van der Waals surface area (Å²) >= 11 is 1.64. The molecule has 1 N–H and O–H groups in total. The minimum absolute atomic E-state index is 0.0918. The number of nitrogens with one attached hydrogen (secondary N) is 1. The highest BCUT2D eigenvalue weighted by Gasteiger charge is 2.18. The molecule has 0 radical (unpaired) electrons. The first-order valence-corrected chi connectivity index (χ1v) is 9.94. The predicted molar refractivity (Wildman–Crippen MR) is 108 cm³/mol. The lowest BCUT2D eigenvalue weighted by Gasteiger charge is -2.21. The van der Waals surface area contributed by atoms with Crippen molar-refractivity contribution in [3.8, 4) is 5.75 Å². The molecule has 0 saturated carbocycles. The van der Waals surface area contributed by atoms with Crippen LogP contribution in [0.1, 0.15) is 12.8 Å². The molecule has 28 heavy (non-hydrogen) atoms. The first kappa shape index (κ1) is 20.0. The molecular formula is C18H23N5O4S. The number of methoxy groups -OCH3 is 1. The number of anilines is 2. The second-order valence-electron chi connectivity index (χ2n) is 6.44. The van der Waals surface area contributed by atoms with E-state index in [0.29, 0.717) is 24.4 Å². The quantitative estimate of drug-likeness (QED) is 0.558. The van der Waals surface area contributed by atoms with Crippen molar-refractivity contribution >= 4 is 33.8 Å². The SMILES string of the molecule is COc1ccc([N+](=O)[O-])cc1NC(=O)CCN1CCCN(c2nccs2)CC1. The molecule has 1 aliphatic rings. The van der Waals surface area contributed by atoms with Crippen molar-refractivity contribution in [1.82, 2.24) is 9.88 Å². The molecule has 1 saturated heterocycles. The summed E-state index contributed by atoms with van der Waals surface area (Å²) < 4.78 is 5.18. The number of thiazole rings is 1. The van der Waals surface area contributed by atoms with Gasteiger partial charge in [-0.3, -0.25) is 14.9 Å². The number of amides is 1. The maximum Gasteiger partial charge on any atom is 0.271 e. The minimum atomic E-state index is -0.499. The Morgan fingerprint density at radius 1 is 1.36 bits per heavy atom. The summed E-state index contributed by atoms with van der Waals surface area (Å²) in [5.74, 6) is 0.202. The highest BCUT2D eigenvalue weighted by molar-refractivity contribution is 7.13. The van der Waals surface area contributed by atoms with Gasteiger partial charge >= 0.3 is 0 Å². The van der Waals surface area contributed by atoms with Crippen molar-refractivity contribution in [2.24, 2.45) is 0 Å². The van der Waals surface area contributed by atoms with Crippen molar-refractivity contribution in [1.29, 1.82) is 0 Å². The van der Waals surface area contributed by atoms with E-state index in [4.69, 9.17) is 4.74 Å². The molecule has 0 atom stereocenters. The molecule has 10 heteroatoms. The fourth-order valence-corrected chi connectivity index (χ4v) is 3.83. The van der Waals surface area contributed by atoms with Crippen LogP contribution < -0.4 is 15.0 Å². The number of hydrogen-bond donors (Lipinski definition) is 1. The van der Waals surface area contributed by atoms with E-state index in [0.717, 1.165) is 37.7 Å². The van der Waals surface area contributed by atoms with Gasteiger partial charge in [0, 0.05) is 56.3 Å². The fourth-order valence-electron chi connectivity index (χ4n) is 3.14. The molecule has 1 amide bonds. The third-order valence-electron chi connectivity index (χ3n) is 4.60. The number of non-ortho nitro benzene ring substituents is 1. The Balaban J connectivity index is 1.52. The predicted octanol–water partition coefficient (Wildman–Crippen LogP) is 2.60. The zero-order valence-electron chi connectivity index (χ0n) is 15.7. The topological polar surface area (TPSA) is 101 Å². The highest BCUT2D eigenvalue weighted by Crippen LogP contribution is 2.29. The van der Waals surface area contributed by atoms with Gasteiger partial charge in [0.05, 0.1) is 17.7 Å². The van der Waals surface area contributed by atoms with Crippen LogP contribution in [0.3, 0.4) is 0 Å². The molecule has 0 aliphatic carbocycles. The molecule has 1 fully saturated rings. The smallest absolute Gasteiger partial charge is 0.271 e. The van der Waals surface area contributed by atoms with Crippen LogP contribution in [0.2, 0.25) is 0 Å². The van der Waals surface area contributed by atoms with E-state index >= 15 is 0 Å².